The number of nitrogens with one attached hydrogen (secondary N) is 1. The molecule has 0 aromatic heterocycles. The minimum absolute atomic E-state index is 0.234. The van der Waals surface area contributed by atoms with Crippen molar-refractivity contribution in [1.29, 1.82) is 0 Å². The Balaban J connectivity index is 2.37. The molecule has 1 N–H and O–H groups in total. The van der Waals surface area contributed by atoms with Crippen LogP contribution in [0.4, 0.5) is 5.69 Å². The van der Waals surface area contributed by atoms with Crippen LogP contribution >= 0.6 is 66.1 Å². The predicted octanol–water partition coefficient (Wildman–Crippen LogP) is 5.73. The number of carbonyl (C=O) groups is 1. The van der Waals surface area contributed by atoms with Crippen LogP contribution in [0.5, 0.6) is 5.75 Å². The summed E-state index contributed by atoms with van der Waals surface area (Å²) in [5.74, 6) is 0.318. The highest BCUT2D eigenvalue weighted by atomic mass is 127. The molecule has 0 saturated heterocycles. The van der Waals surface area contributed by atoms with Gasteiger partial charge in [-0.05, 0) is 68.9 Å². The second kappa shape index (κ2) is 7.30. The number of benzene rings is 2. The highest BCUT2D eigenvalue weighted by Gasteiger charge is 2.15. The monoisotopic (exact) mass is 543 g/mol. The van der Waals surface area contributed by atoms with Crippen LogP contribution in [0, 0.1) is 3.57 Å². The summed E-state index contributed by atoms with van der Waals surface area (Å²) in [6.45, 7) is 0. The van der Waals surface area contributed by atoms with Crippen molar-refractivity contribution >= 4 is 77.6 Å². The number of carbonyl (C=O) groups excluding carboxylic acids is 1. The van der Waals surface area contributed by atoms with Gasteiger partial charge in [0.25, 0.3) is 5.91 Å². The van der Waals surface area contributed by atoms with E-state index in [-0.39, 0.29) is 5.91 Å². The zero-order chi connectivity index (χ0) is 15.6. The van der Waals surface area contributed by atoms with Crippen LogP contribution in [0.1, 0.15) is 10.4 Å². The Morgan fingerprint density at radius 2 is 2.00 bits per heavy atom. The van der Waals surface area contributed by atoms with Crippen LogP contribution in [-0.4, -0.2) is 13.0 Å². The van der Waals surface area contributed by atoms with Gasteiger partial charge in [-0.25, -0.2) is 0 Å². The molecule has 0 bridgehead atoms. The van der Waals surface area contributed by atoms with Crippen LogP contribution in [0.3, 0.4) is 0 Å². The zero-order valence-electron chi connectivity index (χ0n) is 10.7. The molecule has 0 atom stereocenters. The largest absolute Gasteiger partial charge is 0.495 e. The summed E-state index contributed by atoms with van der Waals surface area (Å²) < 4.78 is 7.71. The average Bonchev–Trinajstić information content (AvgIpc) is 2.43. The Hall–Kier alpha value is -0.310. The van der Waals surface area contributed by atoms with E-state index in [1.54, 1.807) is 31.4 Å². The third-order valence-electron chi connectivity index (χ3n) is 2.65. The number of amides is 1. The van der Waals surface area contributed by atoms with Gasteiger partial charge in [0.05, 0.1) is 18.4 Å². The van der Waals surface area contributed by atoms with Crippen molar-refractivity contribution in [3.63, 3.8) is 0 Å². The van der Waals surface area contributed by atoms with Crippen molar-refractivity contribution in [2.24, 2.45) is 0 Å². The van der Waals surface area contributed by atoms with Crippen molar-refractivity contribution in [2.45, 2.75) is 0 Å². The third-order valence-corrected chi connectivity index (χ3v) is 5.87. The topological polar surface area (TPSA) is 38.3 Å². The predicted molar refractivity (Wildman–Crippen MR) is 101 cm³/mol. The minimum Gasteiger partial charge on any atom is -0.495 e. The zero-order valence-corrected chi connectivity index (χ0v) is 16.8. The van der Waals surface area contributed by atoms with E-state index in [0.717, 1.165) is 12.5 Å². The smallest absolute Gasteiger partial charge is 0.256 e. The Morgan fingerprint density at radius 3 is 2.67 bits per heavy atom. The number of halogens is 4. The molecule has 0 radical (unpaired) electrons. The quantitative estimate of drug-likeness (QED) is 0.396. The van der Waals surface area contributed by atoms with E-state index >= 15 is 0 Å². The first kappa shape index (κ1) is 17.1. The van der Waals surface area contributed by atoms with Gasteiger partial charge in [-0.1, -0.05) is 27.5 Å². The van der Waals surface area contributed by atoms with Gasteiger partial charge in [0.1, 0.15) is 5.75 Å². The maximum atomic E-state index is 12.5. The molecule has 0 heterocycles. The molecule has 110 valence electrons. The lowest BCUT2D eigenvalue weighted by atomic mass is 10.2. The normalized spacial score (nSPS) is 10.3. The van der Waals surface area contributed by atoms with E-state index in [4.69, 9.17) is 16.3 Å². The second-order valence-corrected chi connectivity index (χ2v) is 7.33. The molecule has 0 aliphatic carbocycles. The number of hydrogen-bond acceptors (Lipinski definition) is 2. The highest BCUT2D eigenvalue weighted by molar-refractivity contribution is 14.1. The van der Waals surface area contributed by atoms with Crippen LogP contribution < -0.4 is 10.1 Å². The fourth-order valence-electron chi connectivity index (χ4n) is 1.69. The molecule has 0 aliphatic rings. The standard InChI is InChI=1S/C14H9Br2ClINO2/c1-21-12-3-2-8(17)6-11(12)19-14(20)9-4-7(15)5-10(16)13(9)18/h2-6H,1H3,(H,19,20). The molecule has 2 rings (SSSR count). The van der Waals surface area contributed by atoms with E-state index in [9.17, 15) is 4.79 Å². The molecule has 21 heavy (non-hydrogen) atoms. The van der Waals surface area contributed by atoms with Gasteiger partial charge < -0.3 is 10.1 Å². The molecule has 0 unspecified atom stereocenters. The summed E-state index contributed by atoms with van der Waals surface area (Å²) in [5, 5.41) is 3.34. The van der Waals surface area contributed by atoms with Gasteiger partial charge in [-0.2, -0.15) is 0 Å². The Morgan fingerprint density at radius 1 is 1.29 bits per heavy atom. The van der Waals surface area contributed by atoms with E-state index in [2.05, 4.69) is 59.8 Å². The van der Waals surface area contributed by atoms with Gasteiger partial charge in [0.15, 0.2) is 0 Å². The number of rotatable bonds is 3. The molecule has 0 fully saturated rings. The lowest BCUT2D eigenvalue weighted by Crippen LogP contribution is -2.14. The summed E-state index contributed by atoms with van der Waals surface area (Å²) in [4.78, 5) is 12.5. The first-order chi connectivity index (χ1) is 9.92. The van der Waals surface area contributed by atoms with Gasteiger partial charge in [0.2, 0.25) is 0 Å². The van der Waals surface area contributed by atoms with Crippen molar-refractivity contribution in [3.05, 3.63) is 53.4 Å². The van der Waals surface area contributed by atoms with Gasteiger partial charge in [-0.15, -0.1) is 0 Å². The average molecular weight is 545 g/mol. The maximum absolute atomic E-state index is 12.5. The van der Waals surface area contributed by atoms with Crippen molar-refractivity contribution in [2.75, 3.05) is 12.4 Å². The first-order valence-corrected chi connectivity index (χ1v) is 8.76. The molecular weight excluding hydrogens is 536 g/mol. The molecule has 0 aliphatic heterocycles. The lowest BCUT2D eigenvalue weighted by molar-refractivity contribution is 0.102. The van der Waals surface area contributed by atoms with Gasteiger partial charge >= 0.3 is 0 Å². The molecule has 2 aromatic rings. The van der Waals surface area contributed by atoms with E-state index in [1.165, 1.54) is 0 Å². The molecule has 1 amide bonds. The third kappa shape index (κ3) is 4.12. The minimum atomic E-state index is -0.234. The molecular formula is C14H9Br2ClINO2. The highest BCUT2D eigenvalue weighted by Crippen LogP contribution is 2.31. The second-order valence-electron chi connectivity index (χ2n) is 4.05. The van der Waals surface area contributed by atoms with E-state index in [1.807, 2.05) is 6.07 Å². The lowest BCUT2D eigenvalue weighted by Gasteiger charge is -2.12. The van der Waals surface area contributed by atoms with Crippen molar-refractivity contribution < 1.29 is 9.53 Å². The fraction of sp³-hybridized carbons (Fsp3) is 0.0714. The van der Waals surface area contributed by atoms with E-state index in [0.29, 0.717) is 22.0 Å². The van der Waals surface area contributed by atoms with E-state index < -0.39 is 0 Å². The van der Waals surface area contributed by atoms with Crippen molar-refractivity contribution in [1.82, 2.24) is 0 Å². The van der Waals surface area contributed by atoms with Crippen LogP contribution in [-0.2, 0) is 0 Å². The number of hydrogen-bond donors (Lipinski definition) is 1. The number of ether oxygens (including phenoxy) is 1. The fourth-order valence-corrected chi connectivity index (χ4v) is 3.64. The number of methoxy groups -OCH3 is 1. The van der Waals surface area contributed by atoms with Gasteiger partial charge in [-0.3, -0.25) is 4.79 Å². The summed E-state index contributed by atoms with van der Waals surface area (Å²) in [5.41, 5.74) is 1.08. The molecule has 2 aromatic carbocycles. The Kier molecular flexibility index (Phi) is 5.93. The van der Waals surface area contributed by atoms with Crippen molar-refractivity contribution in [3.8, 4) is 5.75 Å². The molecule has 0 saturated carbocycles. The summed E-state index contributed by atoms with van der Waals surface area (Å²) in [6.07, 6.45) is 0. The summed E-state index contributed by atoms with van der Waals surface area (Å²) in [6, 6.07) is 8.71. The SMILES string of the molecule is COc1ccc(Cl)cc1NC(=O)c1cc(Br)cc(Br)c1I. The number of anilines is 1. The van der Waals surface area contributed by atoms with Crippen LogP contribution in [0.15, 0.2) is 39.3 Å². The molecule has 0 spiro atoms. The Labute approximate surface area is 157 Å². The first-order valence-electron chi connectivity index (χ1n) is 5.72. The molecule has 3 nitrogen and oxygen atoms in total. The Bertz CT molecular complexity index is 710. The molecule has 7 heteroatoms. The maximum Gasteiger partial charge on any atom is 0.256 e. The summed E-state index contributed by atoms with van der Waals surface area (Å²) >= 11 is 14.9. The van der Waals surface area contributed by atoms with Crippen LogP contribution in [0.25, 0.3) is 0 Å². The van der Waals surface area contributed by atoms with Crippen LogP contribution in [0.2, 0.25) is 5.02 Å². The summed E-state index contributed by atoms with van der Waals surface area (Å²) in [7, 11) is 1.54. The van der Waals surface area contributed by atoms with Gasteiger partial charge in [0, 0.05) is 17.5 Å².